The van der Waals surface area contributed by atoms with E-state index in [1.807, 2.05) is 18.2 Å². The molecule has 3 rings (SSSR count). The molecule has 1 saturated heterocycles. The van der Waals surface area contributed by atoms with E-state index in [1.165, 1.54) is 5.56 Å². The highest BCUT2D eigenvalue weighted by molar-refractivity contribution is 5.81. The summed E-state index contributed by atoms with van der Waals surface area (Å²) in [5.41, 5.74) is 1.51. The smallest absolute Gasteiger partial charge is 0.311 e. The highest BCUT2D eigenvalue weighted by atomic mass is 16.5. The minimum atomic E-state index is -0.831. The summed E-state index contributed by atoms with van der Waals surface area (Å²) >= 11 is 0. The van der Waals surface area contributed by atoms with Crippen molar-refractivity contribution >= 4 is 11.9 Å². The number of carbonyl (C=O) groups excluding carboxylic acids is 1. The monoisotopic (exact) mass is 303 g/mol. The molecule has 0 spiro atoms. The minimum Gasteiger partial charge on any atom is -0.481 e. The maximum Gasteiger partial charge on any atom is 0.311 e. The predicted molar refractivity (Wildman–Crippen MR) is 80.4 cm³/mol. The van der Waals surface area contributed by atoms with E-state index >= 15 is 0 Å². The number of likely N-dealkylation sites (tertiary alicyclic amines) is 1. The molecule has 1 N–H and O–H groups in total. The van der Waals surface area contributed by atoms with Crippen LogP contribution in [0.1, 0.15) is 37.0 Å². The number of rotatable bonds is 3. The zero-order valence-corrected chi connectivity index (χ0v) is 12.7. The molecular weight excluding hydrogens is 282 g/mol. The molecule has 22 heavy (non-hydrogen) atoms. The van der Waals surface area contributed by atoms with Crippen LogP contribution >= 0.6 is 0 Å². The first-order chi connectivity index (χ1) is 10.5. The van der Waals surface area contributed by atoms with Gasteiger partial charge in [0.25, 0.3) is 0 Å². The van der Waals surface area contributed by atoms with Crippen molar-refractivity contribution in [2.75, 3.05) is 19.7 Å². The highest BCUT2D eigenvalue weighted by Crippen LogP contribution is 2.33. The van der Waals surface area contributed by atoms with Gasteiger partial charge in [0, 0.05) is 13.1 Å². The van der Waals surface area contributed by atoms with Gasteiger partial charge in [-0.2, -0.15) is 0 Å². The van der Waals surface area contributed by atoms with Crippen LogP contribution in [-0.4, -0.2) is 41.6 Å². The lowest BCUT2D eigenvalue weighted by atomic mass is 9.90. The first-order valence-electron chi connectivity index (χ1n) is 7.70. The van der Waals surface area contributed by atoms with Gasteiger partial charge in [-0.25, -0.2) is 0 Å². The van der Waals surface area contributed by atoms with Crippen LogP contribution in [-0.2, 0) is 20.7 Å². The Morgan fingerprint density at radius 1 is 1.41 bits per heavy atom. The second-order valence-electron chi connectivity index (χ2n) is 6.44. The SMILES string of the molecule is C[C@]1(C(=O)O)CCN(C(=O)C[C@@H]2OCCc3ccccc32)C1. The maximum atomic E-state index is 12.5. The first-order valence-corrected chi connectivity index (χ1v) is 7.70. The largest absolute Gasteiger partial charge is 0.481 e. The van der Waals surface area contributed by atoms with E-state index in [2.05, 4.69) is 6.07 Å². The van der Waals surface area contributed by atoms with Crippen molar-refractivity contribution in [2.24, 2.45) is 5.41 Å². The lowest BCUT2D eigenvalue weighted by Crippen LogP contribution is -2.36. The van der Waals surface area contributed by atoms with Crippen LogP contribution in [0, 0.1) is 5.41 Å². The zero-order valence-electron chi connectivity index (χ0n) is 12.7. The third-order valence-corrected chi connectivity index (χ3v) is 4.79. The van der Waals surface area contributed by atoms with Crippen LogP contribution in [0.4, 0.5) is 0 Å². The van der Waals surface area contributed by atoms with Gasteiger partial charge in [-0.15, -0.1) is 0 Å². The predicted octanol–water partition coefficient (Wildman–Crippen LogP) is 2.01. The van der Waals surface area contributed by atoms with Crippen molar-refractivity contribution in [1.29, 1.82) is 0 Å². The van der Waals surface area contributed by atoms with Crippen LogP contribution in [0.15, 0.2) is 24.3 Å². The molecule has 1 aromatic carbocycles. The summed E-state index contributed by atoms with van der Waals surface area (Å²) in [7, 11) is 0. The first kappa shape index (κ1) is 15.0. The van der Waals surface area contributed by atoms with Crippen molar-refractivity contribution in [3.05, 3.63) is 35.4 Å². The van der Waals surface area contributed by atoms with Crippen molar-refractivity contribution < 1.29 is 19.4 Å². The van der Waals surface area contributed by atoms with E-state index in [0.717, 1.165) is 12.0 Å². The van der Waals surface area contributed by atoms with E-state index in [0.29, 0.717) is 19.6 Å². The molecule has 0 radical (unpaired) electrons. The summed E-state index contributed by atoms with van der Waals surface area (Å²) < 4.78 is 5.77. The molecule has 0 aliphatic carbocycles. The molecule has 2 atom stereocenters. The van der Waals surface area contributed by atoms with E-state index in [9.17, 15) is 14.7 Å². The van der Waals surface area contributed by atoms with Gasteiger partial charge in [0.1, 0.15) is 0 Å². The van der Waals surface area contributed by atoms with Gasteiger partial charge in [0.05, 0.1) is 24.5 Å². The van der Waals surface area contributed by atoms with Crippen LogP contribution in [0.5, 0.6) is 0 Å². The molecule has 1 fully saturated rings. The Balaban J connectivity index is 1.68. The molecule has 0 aromatic heterocycles. The van der Waals surface area contributed by atoms with Crippen LogP contribution in [0.2, 0.25) is 0 Å². The lowest BCUT2D eigenvalue weighted by Gasteiger charge is -2.27. The maximum absolute atomic E-state index is 12.5. The summed E-state index contributed by atoms with van der Waals surface area (Å²) in [5, 5.41) is 9.26. The molecule has 118 valence electrons. The molecule has 0 saturated carbocycles. The standard InChI is InChI=1S/C17H21NO4/c1-17(16(20)21)7-8-18(11-17)15(19)10-14-13-5-3-2-4-12(13)6-9-22-14/h2-5,14H,6-11H2,1H3,(H,20,21)/t14-,17-/m0/s1. The van der Waals surface area contributed by atoms with Crippen molar-refractivity contribution in [2.45, 2.75) is 32.3 Å². The Morgan fingerprint density at radius 2 is 2.18 bits per heavy atom. The molecular formula is C17H21NO4. The number of carboxylic acids is 1. The number of nitrogens with zero attached hydrogens (tertiary/aromatic N) is 1. The molecule has 2 aliphatic heterocycles. The van der Waals surface area contributed by atoms with Crippen molar-refractivity contribution in [1.82, 2.24) is 4.90 Å². The molecule has 0 bridgehead atoms. The van der Waals surface area contributed by atoms with Gasteiger partial charge in [-0.3, -0.25) is 9.59 Å². The Morgan fingerprint density at radius 3 is 2.91 bits per heavy atom. The van der Waals surface area contributed by atoms with Gasteiger partial charge < -0.3 is 14.7 Å². The van der Waals surface area contributed by atoms with E-state index in [1.54, 1.807) is 11.8 Å². The van der Waals surface area contributed by atoms with Crippen LogP contribution < -0.4 is 0 Å². The van der Waals surface area contributed by atoms with Gasteiger partial charge >= 0.3 is 5.97 Å². The molecule has 2 heterocycles. The quantitative estimate of drug-likeness (QED) is 0.927. The van der Waals surface area contributed by atoms with Crippen molar-refractivity contribution in [3.8, 4) is 0 Å². The average Bonchev–Trinajstić information content (AvgIpc) is 2.92. The summed E-state index contributed by atoms with van der Waals surface area (Å²) in [6, 6.07) is 8.05. The molecule has 0 unspecified atom stereocenters. The zero-order chi connectivity index (χ0) is 15.7. The third-order valence-electron chi connectivity index (χ3n) is 4.79. The fourth-order valence-electron chi connectivity index (χ4n) is 3.28. The van der Waals surface area contributed by atoms with Gasteiger partial charge in [0.2, 0.25) is 5.91 Å². The second kappa shape index (κ2) is 5.72. The topological polar surface area (TPSA) is 66.8 Å². The number of carboxylic acid groups (broad SMARTS) is 1. The van der Waals surface area contributed by atoms with Crippen LogP contribution in [0.25, 0.3) is 0 Å². The summed E-state index contributed by atoms with van der Waals surface area (Å²) in [4.78, 5) is 25.4. The van der Waals surface area contributed by atoms with Gasteiger partial charge in [-0.1, -0.05) is 24.3 Å². The Bertz CT molecular complexity index is 600. The highest BCUT2D eigenvalue weighted by Gasteiger charge is 2.42. The fraction of sp³-hybridized carbons (Fsp3) is 0.529. The average molecular weight is 303 g/mol. The fourth-order valence-corrected chi connectivity index (χ4v) is 3.28. The molecule has 1 aromatic rings. The molecule has 1 amide bonds. The van der Waals surface area contributed by atoms with E-state index in [4.69, 9.17) is 4.74 Å². The molecule has 2 aliphatic rings. The summed E-state index contributed by atoms with van der Waals surface area (Å²) in [5.74, 6) is -0.853. The number of aliphatic carboxylic acids is 1. The lowest BCUT2D eigenvalue weighted by molar-refractivity contribution is -0.147. The number of benzene rings is 1. The normalized spacial score (nSPS) is 27.5. The van der Waals surface area contributed by atoms with Crippen LogP contribution in [0.3, 0.4) is 0 Å². The number of fused-ring (bicyclic) bond motifs is 1. The number of ether oxygens (including phenoxy) is 1. The van der Waals surface area contributed by atoms with Gasteiger partial charge in [-0.05, 0) is 30.9 Å². The number of amides is 1. The second-order valence-corrected chi connectivity index (χ2v) is 6.44. The molecule has 5 heteroatoms. The summed E-state index contributed by atoms with van der Waals surface area (Å²) in [6.07, 6.45) is 1.46. The van der Waals surface area contributed by atoms with E-state index in [-0.39, 0.29) is 25.0 Å². The Kier molecular flexibility index (Phi) is 3.91. The summed E-state index contributed by atoms with van der Waals surface area (Å²) in [6.45, 7) is 3.13. The Labute approximate surface area is 129 Å². The van der Waals surface area contributed by atoms with Gasteiger partial charge in [0.15, 0.2) is 0 Å². The Hall–Kier alpha value is -1.88. The number of hydrogen-bond donors (Lipinski definition) is 1. The third kappa shape index (κ3) is 2.73. The number of carbonyl (C=O) groups is 2. The molecule has 5 nitrogen and oxygen atoms in total. The van der Waals surface area contributed by atoms with E-state index < -0.39 is 11.4 Å². The van der Waals surface area contributed by atoms with Crippen molar-refractivity contribution in [3.63, 3.8) is 0 Å². The number of hydrogen-bond acceptors (Lipinski definition) is 3. The minimum absolute atomic E-state index is 0.0216.